The Morgan fingerprint density at radius 2 is 1.54 bits per heavy atom. The van der Waals surface area contributed by atoms with E-state index in [1.54, 1.807) is 36.1 Å². The number of thiophene rings is 1. The minimum atomic E-state index is -4.62. The molecule has 1 aromatic heterocycles. The number of benzene rings is 3. The first-order valence-corrected chi connectivity index (χ1v) is 17.1. The van der Waals surface area contributed by atoms with Gasteiger partial charge in [0.25, 0.3) is 5.91 Å². The molecule has 7 nitrogen and oxygen atoms in total. The summed E-state index contributed by atoms with van der Waals surface area (Å²) in [5.41, 5.74) is -0.754. The first-order chi connectivity index (χ1) is 23.0. The first kappa shape index (κ1) is 34.4. The van der Waals surface area contributed by atoms with Crippen molar-refractivity contribution in [2.45, 2.75) is 36.9 Å². The number of carbonyl (C=O) groups excluding carboxylic acids is 2. The number of hydrogen-bond donors (Lipinski definition) is 2. The second-order valence-corrected chi connectivity index (χ2v) is 13.5. The summed E-state index contributed by atoms with van der Waals surface area (Å²) in [7, 11) is 0. The fraction of sp³-hybridized carbons (Fsp3) is 0.314. The number of aldehydes is 1. The van der Waals surface area contributed by atoms with Gasteiger partial charge in [-0.3, -0.25) is 20.3 Å². The summed E-state index contributed by atoms with van der Waals surface area (Å²) in [6.45, 7) is 3.19. The molecule has 2 N–H and O–H groups in total. The summed E-state index contributed by atoms with van der Waals surface area (Å²) in [5.74, 6) is -0.443. The molecule has 0 bridgehead atoms. The predicted octanol–water partition coefficient (Wildman–Crippen LogP) is 7.39. The lowest BCUT2D eigenvalue weighted by Gasteiger charge is -2.41. The zero-order chi connectivity index (χ0) is 34.1. The average Bonchev–Trinajstić information content (AvgIpc) is 3.76. The van der Waals surface area contributed by atoms with E-state index in [0.29, 0.717) is 36.2 Å². The topological polar surface area (TPSA) is 73.9 Å². The highest BCUT2D eigenvalue weighted by atomic mass is 35.5. The average molecular weight is 718 g/mol. The van der Waals surface area contributed by atoms with E-state index in [2.05, 4.69) is 10.6 Å². The summed E-state index contributed by atoms with van der Waals surface area (Å²) < 4.78 is 47.6. The Bertz CT molecular complexity index is 1680. The smallest absolute Gasteiger partial charge is 0.416 e. The minimum Gasteiger partial charge on any atom is -0.493 e. The number of nitrogens with zero attached hydrogens (tertiary/aromatic N) is 2. The zero-order valence-electron chi connectivity index (χ0n) is 25.8. The normalized spacial score (nSPS) is 22.4. The summed E-state index contributed by atoms with van der Waals surface area (Å²) in [4.78, 5) is 31.7. The summed E-state index contributed by atoms with van der Waals surface area (Å²) in [6, 6.07) is 20.0. The van der Waals surface area contributed by atoms with E-state index in [9.17, 15) is 22.8 Å². The van der Waals surface area contributed by atoms with E-state index in [-0.39, 0.29) is 23.8 Å². The van der Waals surface area contributed by atoms with Gasteiger partial charge in [-0.25, -0.2) is 0 Å². The third kappa shape index (κ3) is 6.85. The molecule has 2 aliphatic heterocycles. The number of piperazine rings is 1. The third-order valence-corrected chi connectivity index (χ3v) is 10.3. The van der Waals surface area contributed by atoms with Crippen LogP contribution in [0.1, 0.15) is 52.2 Å². The van der Waals surface area contributed by atoms with Gasteiger partial charge in [-0.2, -0.15) is 13.2 Å². The van der Waals surface area contributed by atoms with Gasteiger partial charge in [0.2, 0.25) is 0 Å². The minimum absolute atomic E-state index is 0.0652. The van der Waals surface area contributed by atoms with E-state index < -0.39 is 35.5 Å². The fourth-order valence-corrected chi connectivity index (χ4v) is 7.54. The lowest BCUT2D eigenvalue weighted by atomic mass is 9.94. The standard InChI is InChI=1S/C35H33Cl2F3N4O3S/c1-2-47-29-20-24(35(38,39)40)9-14-27(29)34(33(46)44-17-15-43(16-18-44)28(21-45)30-4-3-19-48-30)41-31(22-5-10-25(36)11-6-22)32(42-34)23-7-12-26(37)13-8-23/h3-14,19-21,28,31-32,41-42H,2,15-18H2,1H3. The van der Waals surface area contributed by atoms with Crippen molar-refractivity contribution < 1.29 is 27.5 Å². The number of nitrogens with one attached hydrogen (secondary N) is 2. The Morgan fingerprint density at radius 3 is 2.02 bits per heavy atom. The van der Waals surface area contributed by atoms with Crippen LogP contribution in [-0.4, -0.2) is 54.8 Å². The summed E-state index contributed by atoms with van der Waals surface area (Å²) >= 11 is 14.0. The Labute approximate surface area is 290 Å². The molecule has 3 atom stereocenters. The molecule has 252 valence electrons. The highest BCUT2D eigenvalue weighted by molar-refractivity contribution is 7.10. The number of alkyl halides is 3. The van der Waals surface area contributed by atoms with Gasteiger partial charge < -0.3 is 14.4 Å². The van der Waals surface area contributed by atoms with Crippen LogP contribution in [0.4, 0.5) is 13.2 Å². The highest BCUT2D eigenvalue weighted by Crippen LogP contribution is 2.46. The van der Waals surface area contributed by atoms with Crippen LogP contribution in [0.3, 0.4) is 0 Å². The van der Waals surface area contributed by atoms with Crippen LogP contribution in [0.5, 0.6) is 5.75 Å². The number of hydrogen-bond acceptors (Lipinski definition) is 7. The lowest BCUT2D eigenvalue weighted by Crippen LogP contribution is -2.62. The van der Waals surface area contributed by atoms with Crippen LogP contribution in [0.25, 0.3) is 0 Å². The quantitative estimate of drug-likeness (QED) is 0.176. The van der Waals surface area contributed by atoms with Crippen LogP contribution in [0.15, 0.2) is 84.2 Å². The largest absolute Gasteiger partial charge is 0.493 e. The van der Waals surface area contributed by atoms with Crippen molar-refractivity contribution >= 4 is 46.7 Å². The molecule has 13 heteroatoms. The van der Waals surface area contributed by atoms with Crippen molar-refractivity contribution in [1.29, 1.82) is 0 Å². The van der Waals surface area contributed by atoms with Crippen LogP contribution >= 0.6 is 34.5 Å². The van der Waals surface area contributed by atoms with E-state index in [1.165, 1.54) is 17.4 Å². The van der Waals surface area contributed by atoms with Crippen LogP contribution in [0, 0.1) is 0 Å². The second-order valence-electron chi connectivity index (χ2n) is 11.7. The molecular formula is C35H33Cl2F3N4O3S. The Morgan fingerprint density at radius 1 is 0.958 bits per heavy atom. The van der Waals surface area contributed by atoms with E-state index in [4.69, 9.17) is 27.9 Å². The summed E-state index contributed by atoms with van der Waals surface area (Å²) in [5, 5.41) is 10.1. The molecule has 0 spiro atoms. The number of ether oxygens (including phenoxy) is 1. The zero-order valence-corrected chi connectivity index (χ0v) is 28.2. The van der Waals surface area contributed by atoms with Gasteiger partial charge in [0.1, 0.15) is 18.1 Å². The van der Waals surface area contributed by atoms with E-state index in [0.717, 1.165) is 34.4 Å². The molecule has 2 aliphatic rings. The van der Waals surface area contributed by atoms with Crippen molar-refractivity contribution in [2.24, 2.45) is 0 Å². The SMILES string of the molecule is CCOc1cc(C(F)(F)F)ccc1C1(C(=O)N2CCN(C(C=O)c3cccs3)CC2)NC(c2ccc(Cl)cc2)C(c2ccc(Cl)cc2)N1. The van der Waals surface area contributed by atoms with Gasteiger partial charge in [-0.05, 0) is 65.9 Å². The number of rotatable bonds is 9. The maximum atomic E-state index is 15.0. The molecule has 3 unspecified atom stereocenters. The van der Waals surface area contributed by atoms with Crippen LogP contribution in [0.2, 0.25) is 10.0 Å². The van der Waals surface area contributed by atoms with Crippen molar-refractivity contribution in [3.63, 3.8) is 0 Å². The second kappa shape index (κ2) is 14.2. The van der Waals surface area contributed by atoms with Crippen LogP contribution < -0.4 is 15.4 Å². The molecule has 2 saturated heterocycles. The molecule has 48 heavy (non-hydrogen) atoms. The summed E-state index contributed by atoms with van der Waals surface area (Å²) in [6.07, 6.45) is -3.71. The molecule has 4 aromatic rings. The number of amides is 1. The van der Waals surface area contributed by atoms with Crippen molar-refractivity contribution in [3.8, 4) is 5.75 Å². The van der Waals surface area contributed by atoms with Crippen molar-refractivity contribution in [2.75, 3.05) is 32.8 Å². The maximum absolute atomic E-state index is 15.0. The molecule has 3 aromatic carbocycles. The van der Waals surface area contributed by atoms with Gasteiger partial charge in [-0.15, -0.1) is 11.3 Å². The Kier molecular flexibility index (Phi) is 10.2. The van der Waals surface area contributed by atoms with Crippen molar-refractivity contribution in [3.05, 3.63) is 121 Å². The molecule has 2 fully saturated rings. The molecule has 3 heterocycles. The Balaban J connectivity index is 1.44. The maximum Gasteiger partial charge on any atom is 0.416 e. The molecule has 0 radical (unpaired) electrons. The Hall–Kier alpha value is -3.45. The van der Waals surface area contributed by atoms with Crippen molar-refractivity contribution in [1.82, 2.24) is 20.4 Å². The van der Waals surface area contributed by atoms with E-state index in [1.807, 2.05) is 46.7 Å². The van der Waals surface area contributed by atoms with Crippen LogP contribution in [-0.2, 0) is 21.4 Å². The molecule has 0 saturated carbocycles. The molecule has 6 rings (SSSR count). The molecular weight excluding hydrogens is 684 g/mol. The third-order valence-electron chi connectivity index (χ3n) is 8.83. The highest BCUT2D eigenvalue weighted by Gasteiger charge is 2.55. The first-order valence-electron chi connectivity index (χ1n) is 15.5. The number of carbonyl (C=O) groups is 2. The van der Waals surface area contributed by atoms with Gasteiger partial charge in [0.15, 0.2) is 5.66 Å². The molecule has 1 amide bonds. The monoisotopic (exact) mass is 716 g/mol. The van der Waals surface area contributed by atoms with Gasteiger partial charge in [0.05, 0.1) is 24.3 Å². The van der Waals surface area contributed by atoms with E-state index >= 15 is 0 Å². The lowest BCUT2D eigenvalue weighted by molar-refractivity contribution is -0.142. The molecule has 0 aliphatic carbocycles. The predicted molar refractivity (Wildman–Crippen MR) is 180 cm³/mol. The van der Waals surface area contributed by atoms with Gasteiger partial charge in [-0.1, -0.05) is 59.6 Å². The van der Waals surface area contributed by atoms with Gasteiger partial charge in [0, 0.05) is 46.7 Å². The number of halogens is 5. The fourth-order valence-electron chi connectivity index (χ4n) is 6.48. The van der Waals surface area contributed by atoms with Gasteiger partial charge >= 0.3 is 6.18 Å².